The van der Waals surface area contributed by atoms with Crippen molar-refractivity contribution in [3.8, 4) is 0 Å². The Bertz CT molecular complexity index is 3520. The van der Waals surface area contributed by atoms with Gasteiger partial charge in [0.25, 0.3) is 0 Å². The van der Waals surface area contributed by atoms with Gasteiger partial charge in [-0.15, -0.1) is 0 Å². The van der Waals surface area contributed by atoms with Crippen LogP contribution in [0.1, 0.15) is 130 Å². The highest BCUT2D eigenvalue weighted by atomic mass is 16.8. The molecule has 604 valence electrons. The van der Waals surface area contributed by atoms with Gasteiger partial charge in [-0.3, -0.25) is 0 Å². The zero-order chi connectivity index (χ0) is 78.2. The van der Waals surface area contributed by atoms with E-state index in [4.69, 9.17) is 61.6 Å². The smallest absolute Gasteiger partial charge is 0.338 e. The number of hydrogen-bond donors (Lipinski definition) is 16. The Kier molecular flexibility index (Phi) is 22.9. The average Bonchev–Trinajstić information content (AvgIpc) is 1.41. The van der Waals surface area contributed by atoms with Crippen LogP contribution in [-0.4, -0.2) is 303 Å². The Morgan fingerprint density at radius 2 is 1.02 bits per heavy atom. The summed E-state index contributed by atoms with van der Waals surface area (Å²) in [5.41, 5.74) is -5.88. The molecule has 38 atom stereocenters. The summed E-state index contributed by atoms with van der Waals surface area (Å²) in [5.74, 6) is -4.27. The SMILES string of the molecule is C[C@@H]1O[C@H](O[C@H]2[C@@H](O[C@H]3[C@H](O[C@H]4[C@H](O)[C@@H](C(=O)O)O[C@@H](O[C@H]5CC[C@@]6(C)C(CC[C@]7(C)[C@@H]6CC[C@]68O[C@H](O)[C@]9(C6CC(C)(C)[C@@H](OC(=O)c6ccccc6)[C@@H]9OC(=O)/C=C/c6ccccc6)[C@H](O)C[C@]87C)C5(C)C)[C@@H]4O[C@@H]4O[C@H](CO)[C@H](O)[C@H](O)[C@H]4O)O[C@H](CO)[C@H](O)[C@@H]3O)O[C@@H](C)[C@H](O)[C@H]2O)[C@H](O)[C@H](O)[C@H]1O. The second kappa shape index (κ2) is 30.4. The normalized spacial score (nSPS) is 50.3. The molecular formula is C76H108O32. The fraction of sp³-hybridized carbons (Fsp3) is 0.776. The molecule has 108 heavy (non-hydrogen) atoms. The summed E-state index contributed by atoms with van der Waals surface area (Å²) in [6.07, 6.45) is -49.2. The minimum Gasteiger partial charge on any atom is -0.479 e. The monoisotopic (exact) mass is 1530 g/mol. The number of aliphatic hydroxyl groups excluding tert-OH is 15. The lowest BCUT2D eigenvalue weighted by Gasteiger charge is -2.75. The number of carbonyl (C=O) groups excluding carboxylic acids is 2. The molecule has 32 nitrogen and oxygen atoms in total. The van der Waals surface area contributed by atoms with Crippen molar-refractivity contribution < 1.29 is 158 Å². The van der Waals surface area contributed by atoms with E-state index in [-0.39, 0.29) is 36.7 Å². The molecule has 13 rings (SSSR count). The number of carboxylic acid groups (broad SMARTS) is 1. The van der Waals surface area contributed by atoms with Crippen molar-refractivity contribution >= 4 is 24.0 Å². The molecule has 2 aromatic rings. The molecular weight excluding hydrogens is 1420 g/mol. The van der Waals surface area contributed by atoms with Gasteiger partial charge in [0.2, 0.25) is 0 Å². The van der Waals surface area contributed by atoms with Crippen molar-refractivity contribution in [2.45, 2.75) is 304 Å². The molecule has 0 aromatic heterocycles. The van der Waals surface area contributed by atoms with E-state index in [0.717, 1.165) is 0 Å². The first-order chi connectivity index (χ1) is 50.9. The maximum atomic E-state index is 14.4. The molecule has 32 heteroatoms. The highest BCUT2D eigenvalue weighted by Crippen LogP contribution is 2.82. The van der Waals surface area contributed by atoms with Crippen LogP contribution in [0.15, 0.2) is 66.7 Å². The minimum absolute atomic E-state index is 0.0823. The van der Waals surface area contributed by atoms with Gasteiger partial charge in [-0.05, 0) is 117 Å². The molecule has 1 spiro atoms. The Balaban J connectivity index is 0.808. The molecule has 2 unspecified atom stereocenters. The molecule has 16 N–H and O–H groups in total. The topological polar surface area (TPSA) is 495 Å². The number of esters is 2. The lowest BCUT2D eigenvalue weighted by molar-refractivity contribution is -0.412. The molecule has 6 aliphatic heterocycles. The predicted octanol–water partition coefficient (Wildman–Crippen LogP) is -0.990. The number of carbonyl (C=O) groups is 3. The third-order valence-electron chi connectivity index (χ3n) is 27.5. The minimum atomic E-state index is -2.38. The first kappa shape index (κ1) is 81.6. The highest BCUT2D eigenvalue weighted by molar-refractivity contribution is 5.90. The van der Waals surface area contributed by atoms with Crippen LogP contribution in [0.4, 0.5) is 0 Å². The van der Waals surface area contributed by atoms with E-state index >= 15 is 0 Å². The first-order valence-electron chi connectivity index (χ1n) is 37.6. The summed E-state index contributed by atoms with van der Waals surface area (Å²) >= 11 is 0. The van der Waals surface area contributed by atoms with E-state index in [1.54, 1.807) is 36.4 Å². The zero-order valence-corrected chi connectivity index (χ0v) is 61.7. The van der Waals surface area contributed by atoms with Crippen molar-refractivity contribution in [1.82, 2.24) is 0 Å². The molecule has 11 aliphatic rings. The molecule has 5 aliphatic carbocycles. The van der Waals surface area contributed by atoms with Crippen LogP contribution < -0.4 is 0 Å². The van der Waals surface area contributed by atoms with Gasteiger partial charge in [0.1, 0.15) is 110 Å². The predicted molar refractivity (Wildman–Crippen MR) is 365 cm³/mol. The number of ether oxygens (including phenoxy) is 13. The van der Waals surface area contributed by atoms with Crippen LogP contribution >= 0.6 is 0 Å². The fourth-order valence-electron chi connectivity index (χ4n) is 21.6. The van der Waals surface area contributed by atoms with Gasteiger partial charge >= 0.3 is 17.9 Å². The van der Waals surface area contributed by atoms with Crippen molar-refractivity contribution in [2.75, 3.05) is 13.2 Å². The Labute approximate surface area is 624 Å². The van der Waals surface area contributed by atoms with Crippen LogP contribution in [0, 0.1) is 50.2 Å². The van der Waals surface area contributed by atoms with Gasteiger partial charge in [-0.25, -0.2) is 14.4 Å². The maximum absolute atomic E-state index is 14.4. The number of carboxylic acids is 1. The van der Waals surface area contributed by atoms with Gasteiger partial charge in [0, 0.05) is 22.8 Å². The van der Waals surface area contributed by atoms with Crippen LogP contribution in [0.5, 0.6) is 0 Å². The summed E-state index contributed by atoms with van der Waals surface area (Å²) in [7, 11) is 0. The van der Waals surface area contributed by atoms with Crippen molar-refractivity contribution in [3.63, 3.8) is 0 Å². The standard InChI is InChI=1S/C76H108O32/c1-32-44(81)48(85)52(89)64(96-32)104-57-50(87)45(82)33(2)97-66(57)105-58-51(88)47(84)37(31-78)99-67(58)102-55-54(91)56(62(92)93)103-68(59(55)106-65-53(90)49(86)46(83)36(30-77)98-65)100-42-24-25-72(7)38(71(42,5)6)22-26-73(8)39(72)23-27-75-40-28-70(3,4)60(107-63(94)35-18-14-11-15-19-35)61(101-43(80)21-20-34-16-12-10-13-17-34)76(40,69(95)108-75)41(79)29-74(73,75)9/h10-21,32-33,36-42,44-61,64-69,77-79,81-91,95H,22-31H2,1-9H3,(H,92,93)/b21-20+/t32-,33-,36+,37+,38?,39+,40?,41+,42-,44-,45-,46-,47-,48+,49-,50+,51-,52+,53+,54-,55-,56-,57+,58+,59+,60-,61-,64+,65-,66+,67-,68+,69-,72-,73+,74-,75-,76+/m0/s1. The van der Waals surface area contributed by atoms with Crippen LogP contribution in [-0.2, 0) is 71.2 Å². The molecule has 6 saturated heterocycles. The quantitative estimate of drug-likeness (QED) is 0.0484. The van der Waals surface area contributed by atoms with Gasteiger partial charge in [0.05, 0.1) is 54.2 Å². The summed E-state index contributed by atoms with van der Waals surface area (Å²) in [6.45, 7) is 15.1. The van der Waals surface area contributed by atoms with Gasteiger partial charge < -0.3 is 143 Å². The van der Waals surface area contributed by atoms with E-state index in [1.807, 2.05) is 58.0 Å². The van der Waals surface area contributed by atoms with Crippen molar-refractivity contribution in [3.05, 3.63) is 77.9 Å². The van der Waals surface area contributed by atoms with E-state index in [9.17, 15) is 96.1 Å². The number of hydrogen-bond acceptors (Lipinski definition) is 31. The number of fused-ring (bicyclic) bond motifs is 4. The molecule has 0 radical (unpaired) electrons. The highest BCUT2D eigenvalue weighted by Gasteiger charge is 2.86. The van der Waals surface area contributed by atoms with E-state index in [2.05, 4.69) is 20.8 Å². The number of rotatable bonds is 18. The number of aliphatic hydroxyl groups is 15. The zero-order valence-electron chi connectivity index (χ0n) is 61.7. The molecule has 5 saturated carbocycles. The Morgan fingerprint density at radius 1 is 0.500 bits per heavy atom. The number of benzene rings is 2. The largest absolute Gasteiger partial charge is 0.479 e. The third kappa shape index (κ3) is 13.3. The molecule has 2 bridgehead atoms. The molecule has 11 fully saturated rings. The Hall–Kier alpha value is -4.45. The summed E-state index contributed by atoms with van der Waals surface area (Å²) < 4.78 is 82.4. The van der Waals surface area contributed by atoms with Crippen molar-refractivity contribution in [1.29, 1.82) is 0 Å². The van der Waals surface area contributed by atoms with E-state index in [0.29, 0.717) is 37.7 Å². The summed E-state index contributed by atoms with van der Waals surface area (Å²) in [5, 5.41) is 183. The number of aliphatic carboxylic acids is 1. The van der Waals surface area contributed by atoms with E-state index < -0.39 is 259 Å². The molecule has 0 amide bonds. The fourth-order valence-corrected chi connectivity index (χ4v) is 21.6. The second-order valence-electron chi connectivity index (χ2n) is 34.0. The summed E-state index contributed by atoms with van der Waals surface area (Å²) in [4.78, 5) is 42.2. The van der Waals surface area contributed by atoms with Crippen LogP contribution in [0.25, 0.3) is 6.08 Å². The Morgan fingerprint density at radius 3 is 1.65 bits per heavy atom. The van der Waals surface area contributed by atoms with E-state index in [1.165, 1.54) is 19.9 Å². The van der Waals surface area contributed by atoms with Gasteiger partial charge in [0.15, 0.2) is 49.9 Å². The third-order valence-corrected chi connectivity index (χ3v) is 27.5. The lowest BCUT2D eigenvalue weighted by Crippen LogP contribution is -2.77. The second-order valence-corrected chi connectivity index (χ2v) is 34.0. The van der Waals surface area contributed by atoms with Crippen molar-refractivity contribution in [2.24, 2.45) is 50.2 Å². The molecule has 6 heterocycles. The van der Waals surface area contributed by atoms with Crippen LogP contribution in [0.3, 0.4) is 0 Å². The van der Waals surface area contributed by atoms with Gasteiger partial charge in [-0.1, -0.05) is 97.0 Å². The first-order valence-corrected chi connectivity index (χ1v) is 37.6. The van der Waals surface area contributed by atoms with Crippen LogP contribution in [0.2, 0.25) is 0 Å². The maximum Gasteiger partial charge on any atom is 0.338 e. The lowest BCUT2D eigenvalue weighted by atomic mass is 9.30. The average molecular weight is 1530 g/mol. The van der Waals surface area contributed by atoms with Gasteiger partial charge in [-0.2, -0.15) is 0 Å². The molecule has 2 aromatic carbocycles. The summed E-state index contributed by atoms with van der Waals surface area (Å²) in [6, 6.07) is 17.5.